The van der Waals surface area contributed by atoms with Crippen LogP contribution >= 0.6 is 11.3 Å². The highest BCUT2D eigenvalue weighted by molar-refractivity contribution is 7.89. The average Bonchev–Trinajstić information content (AvgIpc) is 3.58. The number of para-hydroxylation sites is 1. The highest BCUT2D eigenvalue weighted by atomic mass is 32.2. The van der Waals surface area contributed by atoms with E-state index in [0.29, 0.717) is 34.1 Å². The van der Waals surface area contributed by atoms with Gasteiger partial charge in [0.1, 0.15) is 11.8 Å². The molecule has 5 rings (SSSR count). The van der Waals surface area contributed by atoms with Crippen LogP contribution < -0.4 is 16.1 Å². The summed E-state index contributed by atoms with van der Waals surface area (Å²) in [5.41, 5.74) is 6.93. The van der Waals surface area contributed by atoms with Crippen LogP contribution in [0.15, 0.2) is 58.5 Å². The van der Waals surface area contributed by atoms with Gasteiger partial charge in [-0.1, -0.05) is 29.5 Å². The van der Waals surface area contributed by atoms with Crippen molar-refractivity contribution in [1.29, 1.82) is 0 Å². The molecule has 176 valence electrons. The third kappa shape index (κ3) is 4.15. The lowest BCUT2D eigenvalue weighted by molar-refractivity contribution is -0.119. The number of aromatic nitrogens is 1. The lowest BCUT2D eigenvalue weighted by atomic mass is 10.1. The number of fused-ring (bicyclic) bond motifs is 1. The molecule has 1 unspecified atom stereocenters. The first-order valence-corrected chi connectivity index (χ1v) is 13.0. The van der Waals surface area contributed by atoms with Gasteiger partial charge in [-0.25, -0.2) is 13.4 Å². The Morgan fingerprint density at radius 1 is 1.09 bits per heavy atom. The van der Waals surface area contributed by atoms with Crippen molar-refractivity contribution in [3.8, 4) is 0 Å². The van der Waals surface area contributed by atoms with E-state index in [4.69, 9.17) is 5.73 Å². The second-order valence-corrected chi connectivity index (χ2v) is 11.0. The van der Waals surface area contributed by atoms with E-state index < -0.39 is 27.9 Å². The van der Waals surface area contributed by atoms with Gasteiger partial charge in [0.2, 0.25) is 15.9 Å². The molecule has 3 aromatic rings. The summed E-state index contributed by atoms with van der Waals surface area (Å²) in [6.45, 7) is 1.05. The minimum absolute atomic E-state index is 0.0686. The van der Waals surface area contributed by atoms with Gasteiger partial charge >= 0.3 is 0 Å². The molecule has 1 saturated heterocycles. The fourth-order valence-electron chi connectivity index (χ4n) is 4.05. The quantitative estimate of drug-likeness (QED) is 0.534. The Kier molecular flexibility index (Phi) is 5.80. The Morgan fingerprint density at radius 2 is 1.82 bits per heavy atom. The van der Waals surface area contributed by atoms with Crippen molar-refractivity contribution >= 4 is 59.9 Å². The van der Waals surface area contributed by atoms with Crippen LogP contribution in [0.4, 0.5) is 10.8 Å². The number of sulfonamides is 1. The van der Waals surface area contributed by atoms with Crippen molar-refractivity contribution in [2.75, 3.05) is 23.4 Å². The molecular formula is C22H22N6O4S2. The first-order chi connectivity index (χ1) is 16.3. The van der Waals surface area contributed by atoms with E-state index in [1.807, 2.05) is 6.07 Å². The number of carbonyl (C=O) groups is 2. The molecular weight excluding hydrogens is 476 g/mol. The van der Waals surface area contributed by atoms with Crippen LogP contribution in [-0.4, -0.2) is 54.4 Å². The van der Waals surface area contributed by atoms with E-state index in [9.17, 15) is 18.0 Å². The van der Waals surface area contributed by atoms with Crippen LogP contribution in [-0.2, 0) is 19.6 Å². The van der Waals surface area contributed by atoms with Crippen LogP contribution in [0.1, 0.15) is 19.3 Å². The fourth-order valence-corrected chi connectivity index (χ4v) is 6.57. The standard InChI is InChI=1S/C22H22N6O4S2/c23-20(29)18-13-17(26-28(18)14-6-2-1-3-7-14)21(30)25-22-24-16-9-8-15(12-19(16)33-22)34(31,32)27-10-4-5-11-27/h1-3,6-9,12,18H,4-5,10-11,13H2,(H2,23,29)(H,24,25,30). The third-order valence-electron chi connectivity index (χ3n) is 5.80. The molecule has 2 aliphatic heterocycles. The van der Waals surface area contributed by atoms with Crippen LogP contribution in [0.2, 0.25) is 0 Å². The van der Waals surface area contributed by atoms with Gasteiger partial charge in [0.15, 0.2) is 5.13 Å². The summed E-state index contributed by atoms with van der Waals surface area (Å²) in [6, 6.07) is 13.0. The second-order valence-electron chi connectivity index (χ2n) is 8.06. The number of hydrogen-bond donors (Lipinski definition) is 2. The van der Waals surface area contributed by atoms with Crippen molar-refractivity contribution in [3.63, 3.8) is 0 Å². The molecule has 2 aromatic carbocycles. The minimum Gasteiger partial charge on any atom is -0.368 e. The molecule has 0 spiro atoms. The van der Waals surface area contributed by atoms with Gasteiger partial charge in [-0.3, -0.25) is 19.9 Å². The van der Waals surface area contributed by atoms with Gasteiger partial charge in [0.05, 0.1) is 20.8 Å². The Hall–Kier alpha value is -3.35. The van der Waals surface area contributed by atoms with Crippen LogP contribution in [0.3, 0.4) is 0 Å². The van der Waals surface area contributed by atoms with Crippen molar-refractivity contribution in [2.24, 2.45) is 10.8 Å². The Labute approximate surface area is 200 Å². The predicted octanol–water partition coefficient (Wildman–Crippen LogP) is 2.14. The number of rotatable bonds is 6. The normalized spacial score (nSPS) is 18.9. The van der Waals surface area contributed by atoms with E-state index in [2.05, 4.69) is 15.4 Å². The molecule has 1 atom stereocenters. The predicted molar refractivity (Wildman–Crippen MR) is 130 cm³/mol. The number of anilines is 2. The van der Waals surface area contributed by atoms with E-state index in [0.717, 1.165) is 12.8 Å². The van der Waals surface area contributed by atoms with Crippen LogP contribution in [0, 0.1) is 0 Å². The molecule has 10 nitrogen and oxygen atoms in total. The zero-order chi connectivity index (χ0) is 23.9. The fraction of sp³-hybridized carbons (Fsp3) is 0.273. The number of hydrazone groups is 1. The maximum atomic E-state index is 12.9. The number of nitrogens with one attached hydrogen (secondary N) is 1. The highest BCUT2D eigenvalue weighted by Crippen LogP contribution is 2.31. The number of hydrogen-bond acceptors (Lipinski definition) is 8. The maximum Gasteiger partial charge on any atom is 0.273 e. The molecule has 0 radical (unpaired) electrons. The van der Waals surface area contributed by atoms with E-state index in [1.165, 1.54) is 26.7 Å². The summed E-state index contributed by atoms with van der Waals surface area (Å²) in [6.07, 6.45) is 1.79. The monoisotopic (exact) mass is 498 g/mol. The molecule has 0 saturated carbocycles. The number of nitrogens with two attached hydrogens (primary N) is 1. The molecule has 1 aromatic heterocycles. The number of benzene rings is 2. The summed E-state index contributed by atoms with van der Waals surface area (Å²) < 4.78 is 27.8. The second kappa shape index (κ2) is 8.78. The van der Waals surface area contributed by atoms with Crippen molar-refractivity contribution in [1.82, 2.24) is 9.29 Å². The first-order valence-electron chi connectivity index (χ1n) is 10.8. The molecule has 2 aliphatic rings. The third-order valence-corrected chi connectivity index (χ3v) is 8.63. The number of amides is 2. The maximum absolute atomic E-state index is 12.9. The van der Waals surface area contributed by atoms with E-state index in [1.54, 1.807) is 36.4 Å². The molecule has 3 heterocycles. The Balaban J connectivity index is 1.37. The molecule has 3 N–H and O–H groups in total. The lowest BCUT2D eigenvalue weighted by Crippen LogP contribution is -2.39. The Morgan fingerprint density at radius 3 is 2.53 bits per heavy atom. The summed E-state index contributed by atoms with van der Waals surface area (Å²) in [5.74, 6) is -1.07. The zero-order valence-corrected chi connectivity index (χ0v) is 19.7. The number of carbonyl (C=O) groups excluding carboxylic acids is 2. The van der Waals surface area contributed by atoms with Crippen molar-refractivity contribution in [2.45, 2.75) is 30.2 Å². The van der Waals surface area contributed by atoms with Crippen molar-refractivity contribution < 1.29 is 18.0 Å². The van der Waals surface area contributed by atoms with Crippen LogP contribution in [0.25, 0.3) is 10.2 Å². The highest BCUT2D eigenvalue weighted by Gasteiger charge is 2.35. The SMILES string of the molecule is NC(=O)C1CC(C(=O)Nc2nc3ccc(S(=O)(=O)N4CCCC4)cc3s2)=NN1c1ccccc1. The van der Waals surface area contributed by atoms with Gasteiger partial charge in [0.25, 0.3) is 5.91 Å². The Bertz CT molecular complexity index is 1400. The molecule has 1 fully saturated rings. The zero-order valence-electron chi connectivity index (χ0n) is 18.0. The van der Waals surface area contributed by atoms with Crippen LogP contribution in [0.5, 0.6) is 0 Å². The molecule has 12 heteroatoms. The van der Waals surface area contributed by atoms with Gasteiger partial charge in [-0.15, -0.1) is 0 Å². The smallest absolute Gasteiger partial charge is 0.273 e. The summed E-state index contributed by atoms with van der Waals surface area (Å²) >= 11 is 1.18. The topological polar surface area (TPSA) is 138 Å². The van der Waals surface area contributed by atoms with Gasteiger partial charge < -0.3 is 5.73 Å². The lowest BCUT2D eigenvalue weighted by Gasteiger charge is -2.20. The van der Waals surface area contributed by atoms with Crippen molar-refractivity contribution in [3.05, 3.63) is 48.5 Å². The van der Waals surface area contributed by atoms with Gasteiger partial charge in [-0.2, -0.15) is 9.41 Å². The molecule has 2 amide bonds. The molecule has 0 bridgehead atoms. The summed E-state index contributed by atoms with van der Waals surface area (Å²) in [4.78, 5) is 29.4. The molecule has 0 aliphatic carbocycles. The number of primary amides is 1. The van der Waals surface area contributed by atoms with E-state index >= 15 is 0 Å². The largest absolute Gasteiger partial charge is 0.368 e. The molecule has 34 heavy (non-hydrogen) atoms. The first kappa shape index (κ1) is 22.4. The number of nitrogens with zero attached hydrogens (tertiary/aromatic N) is 4. The minimum atomic E-state index is -3.55. The average molecular weight is 499 g/mol. The van der Waals surface area contributed by atoms with Gasteiger partial charge in [0, 0.05) is 19.5 Å². The summed E-state index contributed by atoms with van der Waals surface area (Å²) in [5, 5.41) is 8.81. The summed E-state index contributed by atoms with van der Waals surface area (Å²) in [7, 11) is -3.55. The number of thiazole rings is 1. The van der Waals surface area contributed by atoms with Gasteiger partial charge in [-0.05, 0) is 43.2 Å². The van der Waals surface area contributed by atoms with E-state index in [-0.39, 0.29) is 17.0 Å².